The number of nitrogens with zero attached hydrogens (tertiary/aromatic N) is 1. The lowest BCUT2D eigenvalue weighted by atomic mass is 10.1. The van der Waals surface area contributed by atoms with Gasteiger partial charge in [0.2, 0.25) is 5.91 Å². The predicted molar refractivity (Wildman–Crippen MR) is 121 cm³/mol. The van der Waals surface area contributed by atoms with Crippen molar-refractivity contribution in [3.05, 3.63) is 53.1 Å². The molecular weight excluding hydrogens is 402 g/mol. The Labute approximate surface area is 182 Å². The zero-order chi connectivity index (χ0) is 21.5. The van der Waals surface area contributed by atoms with Crippen LogP contribution in [-0.4, -0.2) is 38.1 Å². The number of halogens is 1. The van der Waals surface area contributed by atoms with Gasteiger partial charge in [-0.25, -0.2) is 0 Å². The van der Waals surface area contributed by atoms with Gasteiger partial charge in [-0.2, -0.15) is 0 Å². The summed E-state index contributed by atoms with van der Waals surface area (Å²) in [7, 11) is 1.48. The summed E-state index contributed by atoms with van der Waals surface area (Å²) < 4.78 is 5.26. The van der Waals surface area contributed by atoms with E-state index >= 15 is 0 Å². The Bertz CT molecular complexity index is 897. The van der Waals surface area contributed by atoms with Crippen LogP contribution >= 0.6 is 11.6 Å². The van der Waals surface area contributed by atoms with Crippen LogP contribution in [0.1, 0.15) is 43.0 Å². The summed E-state index contributed by atoms with van der Waals surface area (Å²) in [5.74, 6) is -0.242. The molecule has 2 amide bonds. The van der Waals surface area contributed by atoms with Crippen molar-refractivity contribution in [2.45, 2.75) is 38.6 Å². The Morgan fingerprint density at radius 3 is 2.63 bits per heavy atom. The molecule has 0 aliphatic carbocycles. The molecule has 1 aliphatic rings. The number of hydrogen-bond donors (Lipinski definition) is 2. The van der Waals surface area contributed by atoms with Crippen molar-refractivity contribution in [3.63, 3.8) is 0 Å². The smallest absolute Gasteiger partial charge is 0.255 e. The Morgan fingerprint density at radius 1 is 1.17 bits per heavy atom. The van der Waals surface area contributed by atoms with Crippen molar-refractivity contribution in [2.24, 2.45) is 0 Å². The van der Waals surface area contributed by atoms with Crippen molar-refractivity contribution in [3.8, 4) is 5.75 Å². The first-order valence-electron chi connectivity index (χ1n) is 10.3. The van der Waals surface area contributed by atoms with E-state index in [-0.39, 0.29) is 11.8 Å². The van der Waals surface area contributed by atoms with Gasteiger partial charge in [0.05, 0.1) is 12.7 Å². The number of carbonyl (C=O) groups is 2. The summed E-state index contributed by atoms with van der Waals surface area (Å²) >= 11 is 5.98. The van der Waals surface area contributed by atoms with Gasteiger partial charge < -0.3 is 20.3 Å². The monoisotopic (exact) mass is 429 g/mol. The minimum Gasteiger partial charge on any atom is -0.496 e. The van der Waals surface area contributed by atoms with E-state index in [1.165, 1.54) is 20.0 Å². The van der Waals surface area contributed by atoms with E-state index in [0.29, 0.717) is 22.8 Å². The molecule has 1 fully saturated rings. The SMILES string of the molecule is CCCC(NC(=O)c1ccc(Cl)cc1OC)C(=O)Nc1cccc(N2CCCC2)c1. The Hall–Kier alpha value is -2.73. The fourth-order valence-electron chi connectivity index (χ4n) is 3.63. The molecule has 0 saturated carbocycles. The molecule has 2 N–H and O–H groups in total. The van der Waals surface area contributed by atoms with E-state index in [4.69, 9.17) is 16.3 Å². The summed E-state index contributed by atoms with van der Waals surface area (Å²) in [5, 5.41) is 6.26. The van der Waals surface area contributed by atoms with Gasteiger partial charge in [-0.05, 0) is 55.7 Å². The van der Waals surface area contributed by atoms with Crippen molar-refractivity contribution < 1.29 is 14.3 Å². The molecule has 30 heavy (non-hydrogen) atoms. The molecule has 0 radical (unpaired) electrons. The van der Waals surface area contributed by atoms with Crippen LogP contribution in [0.15, 0.2) is 42.5 Å². The lowest BCUT2D eigenvalue weighted by Gasteiger charge is -2.21. The van der Waals surface area contributed by atoms with E-state index < -0.39 is 6.04 Å². The highest BCUT2D eigenvalue weighted by Gasteiger charge is 2.23. The lowest BCUT2D eigenvalue weighted by Crippen LogP contribution is -2.43. The van der Waals surface area contributed by atoms with Crippen LogP contribution in [0.25, 0.3) is 0 Å². The standard InChI is InChI=1S/C23H28ClN3O3/c1-3-7-20(26-22(28)19-11-10-16(24)14-21(19)30-2)23(29)25-17-8-6-9-18(15-17)27-12-4-5-13-27/h6,8-11,14-15,20H,3-5,7,12-13H2,1-2H3,(H,25,29)(H,26,28). The third-order valence-corrected chi connectivity index (χ3v) is 5.43. The lowest BCUT2D eigenvalue weighted by molar-refractivity contribution is -0.118. The van der Waals surface area contributed by atoms with Gasteiger partial charge in [0.25, 0.3) is 5.91 Å². The highest BCUT2D eigenvalue weighted by Crippen LogP contribution is 2.25. The molecule has 3 rings (SSSR count). The predicted octanol–water partition coefficient (Wildman–Crippen LogP) is 4.49. The first kappa shape index (κ1) is 22.0. The largest absolute Gasteiger partial charge is 0.496 e. The average Bonchev–Trinajstić information content (AvgIpc) is 3.28. The third-order valence-electron chi connectivity index (χ3n) is 5.19. The Kier molecular flexibility index (Phi) is 7.57. The summed E-state index contributed by atoms with van der Waals surface area (Å²) in [4.78, 5) is 28.0. The quantitative estimate of drug-likeness (QED) is 0.648. The van der Waals surface area contributed by atoms with Crippen molar-refractivity contribution in [1.82, 2.24) is 5.32 Å². The maximum atomic E-state index is 12.9. The number of anilines is 2. The van der Waals surface area contributed by atoms with Gasteiger partial charge in [0.1, 0.15) is 11.8 Å². The first-order valence-corrected chi connectivity index (χ1v) is 10.7. The molecule has 0 spiro atoms. The number of methoxy groups -OCH3 is 1. The van der Waals surface area contributed by atoms with Crippen LogP contribution in [0.2, 0.25) is 5.02 Å². The molecule has 1 heterocycles. The first-order chi connectivity index (χ1) is 14.5. The van der Waals surface area contributed by atoms with Gasteiger partial charge in [-0.3, -0.25) is 9.59 Å². The van der Waals surface area contributed by atoms with Crippen LogP contribution < -0.4 is 20.3 Å². The van der Waals surface area contributed by atoms with E-state index in [0.717, 1.165) is 30.9 Å². The number of carbonyl (C=O) groups excluding carboxylic acids is 2. The Morgan fingerprint density at radius 2 is 1.93 bits per heavy atom. The molecule has 2 aromatic rings. The molecular formula is C23H28ClN3O3. The van der Waals surface area contributed by atoms with Gasteiger partial charge in [0, 0.05) is 29.5 Å². The van der Waals surface area contributed by atoms with Gasteiger partial charge >= 0.3 is 0 Å². The molecule has 7 heteroatoms. The zero-order valence-electron chi connectivity index (χ0n) is 17.4. The fourth-order valence-corrected chi connectivity index (χ4v) is 3.79. The molecule has 0 bridgehead atoms. The van der Waals surface area contributed by atoms with E-state index in [2.05, 4.69) is 21.6 Å². The molecule has 1 saturated heterocycles. The number of nitrogens with one attached hydrogen (secondary N) is 2. The minimum atomic E-state index is -0.654. The van der Waals surface area contributed by atoms with Crippen molar-refractivity contribution >= 4 is 34.8 Å². The van der Waals surface area contributed by atoms with E-state index in [9.17, 15) is 9.59 Å². The van der Waals surface area contributed by atoms with Gasteiger partial charge in [-0.15, -0.1) is 0 Å². The Balaban J connectivity index is 1.70. The van der Waals surface area contributed by atoms with Crippen LogP contribution in [0.5, 0.6) is 5.75 Å². The van der Waals surface area contributed by atoms with E-state index in [1.807, 2.05) is 25.1 Å². The van der Waals surface area contributed by atoms with Crippen molar-refractivity contribution in [2.75, 3.05) is 30.4 Å². The summed E-state index contributed by atoms with van der Waals surface area (Å²) in [6.07, 6.45) is 3.66. The number of rotatable bonds is 8. The zero-order valence-corrected chi connectivity index (χ0v) is 18.2. The highest BCUT2D eigenvalue weighted by molar-refractivity contribution is 6.30. The summed E-state index contributed by atoms with van der Waals surface area (Å²) in [6, 6.07) is 12.0. The molecule has 2 aromatic carbocycles. The summed E-state index contributed by atoms with van der Waals surface area (Å²) in [6.45, 7) is 4.05. The van der Waals surface area contributed by atoms with Crippen LogP contribution in [0.4, 0.5) is 11.4 Å². The normalized spacial score (nSPS) is 14.3. The third kappa shape index (κ3) is 5.45. The highest BCUT2D eigenvalue weighted by atomic mass is 35.5. The molecule has 1 unspecified atom stereocenters. The number of amides is 2. The average molecular weight is 430 g/mol. The molecule has 1 atom stereocenters. The van der Waals surface area contributed by atoms with Crippen LogP contribution in [0.3, 0.4) is 0 Å². The molecule has 1 aliphatic heterocycles. The second kappa shape index (κ2) is 10.3. The second-order valence-corrected chi connectivity index (χ2v) is 7.83. The molecule has 160 valence electrons. The number of hydrogen-bond acceptors (Lipinski definition) is 4. The second-order valence-electron chi connectivity index (χ2n) is 7.39. The fraction of sp³-hybridized carbons (Fsp3) is 0.391. The van der Waals surface area contributed by atoms with Crippen molar-refractivity contribution in [1.29, 1.82) is 0 Å². The van der Waals surface area contributed by atoms with E-state index in [1.54, 1.807) is 18.2 Å². The molecule has 0 aromatic heterocycles. The van der Waals surface area contributed by atoms with Gasteiger partial charge in [0.15, 0.2) is 0 Å². The topological polar surface area (TPSA) is 70.7 Å². The molecule has 6 nitrogen and oxygen atoms in total. The number of ether oxygens (including phenoxy) is 1. The van der Waals surface area contributed by atoms with Crippen LogP contribution in [0, 0.1) is 0 Å². The maximum Gasteiger partial charge on any atom is 0.255 e. The maximum absolute atomic E-state index is 12.9. The summed E-state index contributed by atoms with van der Waals surface area (Å²) in [5.41, 5.74) is 2.17. The number of benzene rings is 2. The minimum absolute atomic E-state index is 0.239. The van der Waals surface area contributed by atoms with Gasteiger partial charge in [-0.1, -0.05) is 31.0 Å². The van der Waals surface area contributed by atoms with Crippen LogP contribution in [-0.2, 0) is 4.79 Å².